The zero-order valence-corrected chi connectivity index (χ0v) is 15.0. The maximum atomic E-state index is 12.4. The molecular formula is C24H20N2O. The van der Waals surface area contributed by atoms with Crippen molar-refractivity contribution < 1.29 is 4.79 Å². The molecule has 0 bridgehead atoms. The van der Waals surface area contributed by atoms with Crippen LogP contribution in [0.4, 0.5) is 0 Å². The van der Waals surface area contributed by atoms with Crippen molar-refractivity contribution >= 4 is 5.91 Å². The average molecular weight is 352 g/mol. The maximum absolute atomic E-state index is 12.4. The third-order valence-electron chi connectivity index (χ3n) is 4.41. The zero-order chi connectivity index (χ0) is 19.1. The third kappa shape index (κ3) is 4.31. The average Bonchev–Trinajstić information content (AvgIpc) is 2.74. The molecule has 3 aromatic carbocycles. The van der Waals surface area contributed by atoms with Crippen molar-refractivity contribution in [2.75, 3.05) is 0 Å². The molecule has 0 aliphatic carbocycles. The largest absolute Gasteiger partial charge is 0.330 e. The highest BCUT2D eigenvalue weighted by atomic mass is 16.2. The number of hydrogen-bond donors (Lipinski definition) is 0. The van der Waals surface area contributed by atoms with Crippen LogP contribution >= 0.6 is 0 Å². The van der Waals surface area contributed by atoms with Gasteiger partial charge in [0.2, 0.25) is 5.91 Å². The maximum Gasteiger partial charge on any atom is 0.246 e. The summed E-state index contributed by atoms with van der Waals surface area (Å²) in [5.41, 5.74) is 4.32. The Labute approximate surface area is 159 Å². The van der Waals surface area contributed by atoms with Crippen molar-refractivity contribution in [3.8, 4) is 17.2 Å². The Balaban J connectivity index is 1.95. The Morgan fingerprint density at radius 3 is 2.22 bits per heavy atom. The van der Waals surface area contributed by atoms with Gasteiger partial charge in [-0.3, -0.25) is 4.79 Å². The molecule has 0 N–H and O–H groups in total. The second kappa shape index (κ2) is 8.64. The molecule has 3 aromatic rings. The number of nitrogens with zero attached hydrogens (tertiary/aromatic N) is 2. The van der Waals surface area contributed by atoms with Gasteiger partial charge in [0, 0.05) is 13.1 Å². The number of nitriles is 1. The fourth-order valence-electron chi connectivity index (χ4n) is 3.07. The molecule has 0 fully saturated rings. The zero-order valence-electron chi connectivity index (χ0n) is 15.0. The highest BCUT2D eigenvalue weighted by Gasteiger charge is 2.16. The second-order valence-electron chi connectivity index (χ2n) is 6.20. The molecule has 0 unspecified atom stereocenters. The highest BCUT2D eigenvalue weighted by Crippen LogP contribution is 2.27. The molecule has 0 aromatic heterocycles. The van der Waals surface area contributed by atoms with Gasteiger partial charge >= 0.3 is 0 Å². The summed E-state index contributed by atoms with van der Waals surface area (Å²) in [6, 6.07) is 27.7. The topological polar surface area (TPSA) is 44.1 Å². The van der Waals surface area contributed by atoms with Gasteiger partial charge < -0.3 is 4.90 Å². The second-order valence-corrected chi connectivity index (χ2v) is 6.20. The molecular weight excluding hydrogens is 332 g/mol. The summed E-state index contributed by atoms with van der Waals surface area (Å²) < 4.78 is 0. The minimum absolute atomic E-state index is 0.159. The predicted molar refractivity (Wildman–Crippen MR) is 107 cm³/mol. The first-order valence-electron chi connectivity index (χ1n) is 8.75. The van der Waals surface area contributed by atoms with Crippen LogP contribution in [0.1, 0.15) is 16.7 Å². The number of rotatable bonds is 6. The van der Waals surface area contributed by atoms with Crippen molar-refractivity contribution in [2.45, 2.75) is 13.1 Å². The molecule has 132 valence electrons. The minimum atomic E-state index is -0.159. The van der Waals surface area contributed by atoms with E-state index in [2.05, 4.69) is 12.6 Å². The van der Waals surface area contributed by atoms with Gasteiger partial charge in [-0.25, -0.2) is 0 Å². The SMILES string of the molecule is C=CC(=O)N(Cc1ccccc1)Cc1cccc(-c2ccccc2)c1C#N. The standard InChI is InChI=1S/C24H20N2O/c1-2-24(27)26(17-19-10-5-3-6-11-19)18-21-14-9-15-22(23(21)16-25)20-12-7-4-8-13-20/h2-15H,1,17-18H2. The summed E-state index contributed by atoms with van der Waals surface area (Å²) in [4.78, 5) is 14.1. The van der Waals surface area contributed by atoms with Crippen LogP contribution in [0.25, 0.3) is 11.1 Å². The Bertz CT molecular complexity index is 972. The minimum Gasteiger partial charge on any atom is -0.330 e. The van der Waals surface area contributed by atoms with Crippen LogP contribution < -0.4 is 0 Å². The van der Waals surface area contributed by atoms with Crippen molar-refractivity contribution in [1.82, 2.24) is 4.90 Å². The van der Waals surface area contributed by atoms with E-state index in [0.717, 1.165) is 22.3 Å². The van der Waals surface area contributed by atoms with Crippen molar-refractivity contribution in [1.29, 1.82) is 5.26 Å². The summed E-state index contributed by atoms with van der Waals surface area (Å²) in [6.45, 7) is 4.43. The molecule has 3 rings (SSSR count). The number of carbonyl (C=O) groups is 1. The smallest absolute Gasteiger partial charge is 0.246 e. The first-order chi connectivity index (χ1) is 13.2. The van der Waals surface area contributed by atoms with E-state index in [1.54, 1.807) is 4.90 Å². The quantitative estimate of drug-likeness (QED) is 0.590. The summed E-state index contributed by atoms with van der Waals surface area (Å²) in [5.74, 6) is -0.159. The Hall–Kier alpha value is -3.64. The molecule has 0 aliphatic rings. The Morgan fingerprint density at radius 2 is 1.59 bits per heavy atom. The van der Waals surface area contributed by atoms with E-state index < -0.39 is 0 Å². The van der Waals surface area contributed by atoms with Gasteiger partial charge in [0.25, 0.3) is 0 Å². The van der Waals surface area contributed by atoms with Gasteiger partial charge in [0.1, 0.15) is 6.07 Å². The van der Waals surface area contributed by atoms with E-state index in [0.29, 0.717) is 18.7 Å². The number of carbonyl (C=O) groups excluding carboxylic acids is 1. The first kappa shape index (κ1) is 18.2. The van der Waals surface area contributed by atoms with E-state index in [1.165, 1.54) is 6.08 Å². The summed E-state index contributed by atoms with van der Waals surface area (Å²) in [6.07, 6.45) is 1.32. The van der Waals surface area contributed by atoms with Crippen molar-refractivity contribution in [3.05, 3.63) is 108 Å². The monoisotopic (exact) mass is 352 g/mol. The molecule has 1 amide bonds. The van der Waals surface area contributed by atoms with Gasteiger partial charge in [-0.05, 0) is 28.3 Å². The molecule has 0 spiro atoms. The van der Waals surface area contributed by atoms with Gasteiger partial charge in [-0.1, -0.05) is 85.4 Å². The lowest BCUT2D eigenvalue weighted by molar-refractivity contribution is -0.127. The van der Waals surface area contributed by atoms with E-state index in [-0.39, 0.29) is 5.91 Å². The Morgan fingerprint density at radius 1 is 0.926 bits per heavy atom. The van der Waals surface area contributed by atoms with Gasteiger partial charge in [0.15, 0.2) is 0 Å². The fourth-order valence-corrected chi connectivity index (χ4v) is 3.07. The first-order valence-corrected chi connectivity index (χ1v) is 8.75. The lowest BCUT2D eigenvalue weighted by Crippen LogP contribution is -2.28. The normalized spacial score (nSPS) is 10.0. The molecule has 3 nitrogen and oxygen atoms in total. The molecule has 0 saturated carbocycles. The van der Waals surface area contributed by atoms with E-state index in [1.807, 2.05) is 78.9 Å². The van der Waals surface area contributed by atoms with Crippen LogP contribution in [-0.4, -0.2) is 10.8 Å². The van der Waals surface area contributed by atoms with E-state index >= 15 is 0 Å². The number of amides is 1. The van der Waals surface area contributed by atoms with Gasteiger partial charge in [0.05, 0.1) is 5.56 Å². The summed E-state index contributed by atoms with van der Waals surface area (Å²) in [5, 5.41) is 9.79. The summed E-state index contributed by atoms with van der Waals surface area (Å²) in [7, 11) is 0. The molecule has 0 radical (unpaired) electrons. The van der Waals surface area contributed by atoms with Crippen LogP contribution in [0.15, 0.2) is 91.5 Å². The number of benzene rings is 3. The van der Waals surface area contributed by atoms with Crippen molar-refractivity contribution in [2.24, 2.45) is 0 Å². The lowest BCUT2D eigenvalue weighted by Gasteiger charge is -2.22. The molecule has 0 heterocycles. The van der Waals surface area contributed by atoms with Crippen LogP contribution in [0, 0.1) is 11.3 Å². The van der Waals surface area contributed by atoms with Crippen molar-refractivity contribution in [3.63, 3.8) is 0 Å². The highest BCUT2D eigenvalue weighted by molar-refractivity contribution is 5.87. The van der Waals surface area contributed by atoms with Crippen LogP contribution in [0.3, 0.4) is 0 Å². The molecule has 0 aliphatic heterocycles. The Kier molecular flexibility index (Phi) is 5.81. The fraction of sp³-hybridized carbons (Fsp3) is 0.0833. The van der Waals surface area contributed by atoms with Crippen LogP contribution in [-0.2, 0) is 17.9 Å². The van der Waals surface area contributed by atoms with Gasteiger partial charge in [-0.2, -0.15) is 5.26 Å². The molecule has 0 saturated heterocycles. The molecule has 0 atom stereocenters. The summed E-state index contributed by atoms with van der Waals surface area (Å²) >= 11 is 0. The predicted octanol–water partition coefficient (Wildman–Crippen LogP) is 4.94. The number of hydrogen-bond acceptors (Lipinski definition) is 2. The third-order valence-corrected chi connectivity index (χ3v) is 4.41. The van der Waals surface area contributed by atoms with Crippen LogP contribution in [0.5, 0.6) is 0 Å². The lowest BCUT2D eigenvalue weighted by atomic mass is 9.96. The van der Waals surface area contributed by atoms with E-state index in [9.17, 15) is 10.1 Å². The molecule has 3 heteroatoms. The van der Waals surface area contributed by atoms with E-state index in [4.69, 9.17) is 0 Å². The molecule has 27 heavy (non-hydrogen) atoms. The van der Waals surface area contributed by atoms with Crippen LogP contribution in [0.2, 0.25) is 0 Å². The van der Waals surface area contributed by atoms with Gasteiger partial charge in [-0.15, -0.1) is 0 Å².